The topological polar surface area (TPSA) is 26.3 Å². The molecule has 0 radical (unpaired) electrons. The zero-order valence-corrected chi connectivity index (χ0v) is 9.87. The molecule has 0 heterocycles. The van der Waals surface area contributed by atoms with Gasteiger partial charge in [-0.25, -0.2) is 0 Å². The Morgan fingerprint density at radius 2 is 2.00 bits per heavy atom. The van der Waals surface area contributed by atoms with Gasteiger partial charge < -0.3 is 4.74 Å². The third kappa shape index (κ3) is 10.9. The first-order valence-corrected chi connectivity index (χ1v) is 5.74. The van der Waals surface area contributed by atoms with Gasteiger partial charge in [-0.2, -0.15) is 0 Å². The predicted molar refractivity (Wildman–Crippen MR) is 63.7 cm³/mol. The quantitative estimate of drug-likeness (QED) is 0.347. The van der Waals surface area contributed by atoms with Crippen molar-refractivity contribution in [2.45, 2.75) is 46.0 Å². The first-order valence-electron chi connectivity index (χ1n) is 5.74. The molecule has 0 aromatic rings. The second-order valence-electron chi connectivity index (χ2n) is 3.45. The van der Waals surface area contributed by atoms with E-state index in [-0.39, 0.29) is 5.97 Å². The Bertz CT molecular complexity index is 205. The summed E-state index contributed by atoms with van der Waals surface area (Å²) in [5.74, 6) is -0.0868. The number of hydrogen-bond acceptors (Lipinski definition) is 2. The lowest BCUT2D eigenvalue weighted by Crippen LogP contribution is -2.03. The number of ether oxygens (including phenoxy) is 1. The van der Waals surface area contributed by atoms with E-state index in [2.05, 4.69) is 6.92 Å². The minimum absolute atomic E-state index is 0.0868. The van der Waals surface area contributed by atoms with E-state index in [9.17, 15) is 4.79 Å². The highest BCUT2D eigenvalue weighted by molar-refractivity contribution is 5.69. The minimum atomic E-state index is -0.0868. The summed E-state index contributed by atoms with van der Waals surface area (Å²) in [5.41, 5.74) is 0. The van der Waals surface area contributed by atoms with Crippen molar-refractivity contribution in [1.82, 2.24) is 0 Å². The maximum absolute atomic E-state index is 11.2. The van der Waals surface area contributed by atoms with Gasteiger partial charge in [0.1, 0.15) is 6.61 Å². The second kappa shape index (κ2) is 11.0. The van der Waals surface area contributed by atoms with Crippen molar-refractivity contribution < 1.29 is 9.53 Å². The van der Waals surface area contributed by atoms with Crippen LogP contribution >= 0.6 is 0 Å². The summed E-state index contributed by atoms with van der Waals surface area (Å²) in [6, 6.07) is 0. The van der Waals surface area contributed by atoms with Crippen LogP contribution in [0.2, 0.25) is 0 Å². The van der Waals surface area contributed by atoms with E-state index >= 15 is 0 Å². The number of esters is 1. The summed E-state index contributed by atoms with van der Waals surface area (Å²) in [4.78, 5) is 11.2. The van der Waals surface area contributed by atoms with E-state index in [1.807, 2.05) is 31.2 Å². The van der Waals surface area contributed by atoms with Crippen molar-refractivity contribution in [3.05, 3.63) is 24.3 Å². The van der Waals surface area contributed by atoms with Gasteiger partial charge in [0.05, 0.1) is 0 Å². The molecule has 0 atom stereocenters. The Labute approximate surface area is 93.0 Å². The largest absolute Gasteiger partial charge is 0.461 e. The maximum atomic E-state index is 11.2. The summed E-state index contributed by atoms with van der Waals surface area (Å²) in [7, 11) is 0. The highest BCUT2D eigenvalue weighted by Gasteiger charge is 1.99. The monoisotopic (exact) mass is 210 g/mol. The Morgan fingerprint density at radius 3 is 2.67 bits per heavy atom. The molecule has 0 fully saturated rings. The number of allylic oxidation sites excluding steroid dienone is 3. The minimum Gasteiger partial charge on any atom is -0.461 e. The standard InChI is InChI=1S/C13H22O2/c1-3-5-7-9-11-13(14)15-12-10-8-6-4-2/h4,6,8,10H,3,5,7,9,11-12H2,1-2H3/b6-4+,10-8+. The van der Waals surface area contributed by atoms with E-state index in [1.54, 1.807) is 0 Å². The molecule has 86 valence electrons. The predicted octanol–water partition coefficient (Wildman–Crippen LogP) is 3.63. The lowest BCUT2D eigenvalue weighted by atomic mass is 10.2. The van der Waals surface area contributed by atoms with Crippen molar-refractivity contribution in [1.29, 1.82) is 0 Å². The van der Waals surface area contributed by atoms with Gasteiger partial charge >= 0.3 is 5.97 Å². The molecule has 0 aliphatic rings. The SMILES string of the molecule is C/C=C/C=C/COC(=O)CCCCCC. The van der Waals surface area contributed by atoms with Crippen molar-refractivity contribution >= 4 is 5.97 Å². The molecule has 0 aliphatic heterocycles. The van der Waals surface area contributed by atoms with Crippen molar-refractivity contribution in [2.75, 3.05) is 6.61 Å². The smallest absolute Gasteiger partial charge is 0.306 e. The Morgan fingerprint density at radius 1 is 1.20 bits per heavy atom. The van der Waals surface area contributed by atoms with Crippen molar-refractivity contribution in [3.8, 4) is 0 Å². The van der Waals surface area contributed by atoms with E-state index in [0.29, 0.717) is 13.0 Å². The Hall–Kier alpha value is -1.05. The highest BCUT2D eigenvalue weighted by atomic mass is 16.5. The molecule has 2 nitrogen and oxygen atoms in total. The van der Waals surface area contributed by atoms with Gasteiger partial charge in [-0.1, -0.05) is 44.4 Å². The van der Waals surface area contributed by atoms with Crippen LogP contribution in [-0.4, -0.2) is 12.6 Å². The Balaban J connectivity index is 3.33. The summed E-state index contributed by atoms with van der Waals surface area (Å²) in [6.45, 7) is 4.49. The molecular formula is C13H22O2. The van der Waals surface area contributed by atoms with Crippen LogP contribution < -0.4 is 0 Å². The molecule has 0 bridgehead atoms. The number of unbranched alkanes of at least 4 members (excludes halogenated alkanes) is 3. The van der Waals surface area contributed by atoms with Crippen LogP contribution in [0.3, 0.4) is 0 Å². The molecule has 2 heteroatoms. The Kier molecular flexibility index (Phi) is 10.3. The number of carbonyl (C=O) groups excluding carboxylic acids is 1. The van der Waals surface area contributed by atoms with Crippen LogP contribution in [0.5, 0.6) is 0 Å². The number of hydrogen-bond donors (Lipinski definition) is 0. The fourth-order valence-corrected chi connectivity index (χ4v) is 1.15. The average molecular weight is 210 g/mol. The second-order valence-corrected chi connectivity index (χ2v) is 3.45. The first kappa shape index (κ1) is 13.9. The van der Waals surface area contributed by atoms with Crippen LogP contribution in [0.25, 0.3) is 0 Å². The molecule has 0 saturated carbocycles. The van der Waals surface area contributed by atoms with Gasteiger partial charge in [-0.15, -0.1) is 0 Å². The van der Waals surface area contributed by atoms with Crippen LogP contribution in [0.4, 0.5) is 0 Å². The van der Waals surface area contributed by atoms with Crippen molar-refractivity contribution in [3.63, 3.8) is 0 Å². The molecule has 0 aromatic heterocycles. The summed E-state index contributed by atoms with van der Waals surface area (Å²) in [5, 5.41) is 0. The zero-order chi connectivity index (χ0) is 11.4. The van der Waals surface area contributed by atoms with Gasteiger partial charge in [-0.05, 0) is 19.4 Å². The molecule has 0 aromatic carbocycles. The number of carbonyl (C=O) groups is 1. The molecule has 0 amide bonds. The summed E-state index contributed by atoms with van der Waals surface area (Å²) >= 11 is 0. The maximum Gasteiger partial charge on any atom is 0.306 e. The first-order chi connectivity index (χ1) is 7.31. The molecule has 0 spiro atoms. The molecular weight excluding hydrogens is 188 g/mol. The fourth-order valence-electron chi connectivity index (χ4n) is 1.15. The molecule has 0 unspecified atom stereocenters. The van der Waals surface area contributed by atoms with E-state index in [1.165, 1.54) is 12.8 Å². The lowest BCUT2D eigenvalue weighted by Gasteiger charge is -2.00. The normalized spacial score (nSPS) is 11.3. The van der Waals surface area contributed by atoms with Gasteiger partial charge in [0.15, 0.2) is 0 Å². The average Bonchev–Trinajstić information content (AvgIpc) is 2.24. The molecule has 0 N–H and O–H groups in total. The van der Waals surface area contributed by atoms with Crippen molar-refractivity contribution in [2.24, 2.45) is 0 Å². The van der Waals surface area contributed by atoms with Crippen LogP contribution in [0, 0.1) is 0 Å². The third-order valence-corrected chi connectivity index (χ3v) is 2.01. The van der Waals surface area contributed by atoms with Crippen LogP contribution in [-0.2, 0) is 9.53 Å². The van der Waals surface area contributed by atoms with E-state index in [4.69, 9.17) is 4.74 Å². The van der Waals surface area contributed by atoms with Gasteiger partial charge in [-0.3, -0.25) is 4.79 Å². The van der Waals surface area contributed by atoms with Gasteiger partial charge in [0.2, 0.25) is 0 Å². The van der Waals surface area contributed by atoms with Gasteiger partial charge in [0.25, 0.3) is 0 Å². The summed E-state index contributed by atoms with van der Waals surface area (Å²) in [6.07, 6.45) is 12.6. The third-order valence-electron chi connectivity index (χ3n) is 2.01. The number of rotatable bonds is 8. The zero-order valence-electron chi connectivity index (χ0n) is 9.87. The highest BCUT2D eigenvalue weighted by Crippen LogP contribution is 2.03. The fraction of sp³-hybridized carbons (Fsp3) is 0.615. The molecule has 15 heavy (non-hydrogen) atoms. The molecule has 0 aliphatic carbocycles. The van der Waals surface area contributed by atoms with Crippen LogP contribution in [0.1, 0.15) is 46.0 Å². The lowest BCUT2D eigenvalue weighted by molar-refractivity contribution is -0.142. The molecule has 0 rings (SSSR count). The van der Waals surface area contributed by atoms with E-state index in [0.717, 1.165) is 12.8 Å². The van der Waals surface area contributed by atoms with E-state index < -0.39 is 0 Å². The molecule has 0 saturated heterocycles. The van der Waals surface area contributed by atoms with Gasteiger partial charge in [0, 0.05) is 6.42 Å². The van der Waals surface area contributed by atoms with Crippen LogP contribution in [0.15, 0.2) is 24.3 Å². The summed E-state index contributed by atoms with van der Waals surface area (Å²) < 4.78 is 5.01.